The zero-order valence-corrected chi connectivity index (χ0v) is 7.86. The van der Waals surface area contributed by atoms with Gasteiger partial charge in [-0.15, -0.1) is 0 Å². The van der Waals surface area contributed by atoms with Crippen molar-refractivity contribution in [2.24, 2.45) is 11.8 Å². The molecule has 2 fully saturated rings. The second kappa shape index (κ2) is 2.56. The molecule has 3 nitrogen and oxygen atoms in total. The van der Waals surface area contributed by atoms with Crippen LogP contribution >= 0.6 is 0 Å². The molecule has 0 spiro atoms. The lowest BCUT2D eigenvalue weighted by Gasteiger charge is -2.04. The van der Waals surface area contributed by atoms with Crippen molar-refractivity contribution in [1.29, 1.82) is 0 Å². The molecule has 1 aromatic heterocycles. The first kappa shape index (κ1) is 7.54. The van der Waals surface area contributed by atoms with E-state index in [9.17, 15) is 0 Å². The smallest absolute Gasteiger partial charge is 0.230 e. The van der Waals surface area contributed by atoms with E-state index in [1.165, 1.54) is 25.7 Å². The van der Waals surface area contributed by atoms with Crippen LogP contribution in [0.2, 0.25) is 0 Å². The molecule has 0 bridgehead atoms. The number of rotatable bonds is 1. The molecule has 13 heavy (non-hydrogen) atoms. The third kappa shape index (κ3) is 1.10. The van der Waals surface area contributed by atoms with Gasteiger partial charge in [0.25, 0.3) is 0 Å². The monoisotopic (exact) mass is 178 g/mol. The number of nitrogens with zero attached hydrogens (tertiary/aromatic N) is 2. The summed E-state index contributed by atoms with van der Waals surface area (Å²) in [4.78, 5) is 4.32. The van der Waals surface area contributed by atoms with E-state index in [-0.39, 0.29) is 0 Å². The van der Waals surface area contributed by atoms with Gasteiger partial charge in [-0.1, -0.05) is 18.0 Å². The van der Waals surface area contributed by atoms with Gasteiger partial charge in [-0.05, 0) is 31.6 Å². The first-order valence-electron chi connectivity index (χ1n) is 5.16. The van der Waals surface area contributed by atoms with Crippen LogP contribution in [-0.4, -0.2) is 10.1 Å². The fraction of sp³-hybridized carbons (Fsp3) is 0.800. The van der Waals surface area contributed by atoms with Gasteiger partial charge >= 0.3 is 0 Å². The number of fused-ring (bicyclic) bond motifs is 1. The summed E-state index contributed by atoms with van der Waals surface area (Å²) in [7, 11) is 0. The van der Waals surface area contributed by atoms with Gasteiger partial charge in [0.2, 0.25) is 5.89 Å². The summed E-state index contributed by atoms with van der Waals surface area (Å²) in [5.41, 5.74) is 0. The van der Waals surface area contributed by atoms with Crippen LogP contribution in [-0.2, 0) is 0 Å². The minimum Gasteiger partial charge on any atom is -0.339 e. The highest BCUT2D eigenvalue weighted by molar-refractivity contribution is 5.14. The topological polar surface area (TPSA) is 38.9 Å². The summed E-state index contributed by atoms with van der Waals surface area (Å²) >= 11 is 0. The minimum absolute atomic E-state index is 0.615. The van der Waals surface area contributed by atoms with Crippen LogP contribution in [0.4, 0.5) is 0 Å². The third-order valence-electron chi connectivity index (χ3n) is 3.48. The van der Waals surface area contributed by atoms with Gasteiger partial charge in [-0.25, -0.2) is 0 Å². The normalized spacial score (nSPS) is 37.2. The van der Waals surface area contributed by atoms with Crippen molar-refractivity contribution in [3.8, 4) is 0 Å². The highest BCUT2D eigenvalue weighted by Gasteiger charge is 2.54. The predicted molar refractivity (Wildman–Crippen MR) is 47.2 cm³/mol. The Morgan fingerprint density at radius 2 is 1.92 bits per heavy atom. The summed E-state index contributed by atoms with van der Waals surface area (Å²) in [6.45, 7) is 1.89. The zero-order chi connectivity index (χ0) is 8.84. The number of aromatic nitrogens is 2. The quantitative estimate of drug-likeness (QED) is 0.662. The Balaban J connectivity index is 1.81. The van der Waals surface area contributed by atoms with Gasteiger partial charge in [0, 0.05) is 5.92 Å². The van der Waals surface area contributed by atoms with Crippen LogP contribution < -0.4 is 0 Å². The van der Waals surface area contributed by atoms with E-state index >= 15 is 0 Å². The average Bonchev–Trinajstić information content (AvgIpc) is 2.73. The van der Waals surface area contributed by atoms with Crippen molar-refractivity contribution in [3.05, 3.63) is 11.7 Å². The maximum Gasteiger partial charge on any atom is 0.230 e. The summed E-state index contributed by atoms with van der Waals surface area (Å²) in [6, 6.07) is 0. The van der Waals surface area contributed by atoms with E-state index in [0.717, 1.165) is 23.6 Å². The lowest BCUT2D eigenvalue weighted by molar-refractivity contribution is 0.369. The largest absolute Gasteiger partial charge is 0.339 e. The van der Waals surface area contributed by atoms with Gasteiger partial charge < -0.3 is 4.52 Å². The van der Waals surface area contributed by atoms with Gasteiger partial charge in [-0.2, -0.15) is 4.98 Å². The molecule has 0 aromatic carbocycles. The average molecular weight is 178 g/mol. The molecular weight excluding hydrogens is 164 g/mol. The molecule has 2 aliphatic carbocycles. The third-order valence-corrected chi connectivity index (χ3v) is 3.48. The van der Waals surface area contributed by atoms with Crippen LogP contribution in [0.5, 0.6) is 0 Å². The molecule has 0 amide bonds. The Labute approximate surface area is 77.5 Å². The highest BCUT2D eigenvalue weighted by atomic mass is 16.5. The van der Waals surface area contributed by atoms with Gasteiger partial charge in [0.05, 0.1) is 0 Å². The van der Waals surface area contributed by atoms with Crippen molar-refractivity contribution in [3.63, 3.8) is 0 Å². The molecule has 2 unspecified atom stereocenters. The molecule has 3 rings (SSSR count). The van der Waals surface area contributed by atoms with E-state index in [2.05, 4.69) is 10.1 Å². The molecule has 70 valence electrons. The van der Waals surface area contributed by atoms with Crippen LogP contribution in [0, 0.1) is 18.8 Å². The lowest BCUT2D eigenvalue weighted by Crippen LogP contribution is -1.91. The van der Waals surface area contributed by atoms with E-state index < -0.39 is 0 Å². The van der Waals surface area contributed by atoms with E-state index in [1.54, 1.807) is 0 Å². The lowest BCUT2D eigenvalue weighted by atomic mass is 10.0. The maximum atomic E-state index is 5.22. The molecule has 2 saturated carbocycles. The Morgan fingerprint density at radius 3 is 2.46 bits per heavy atom. The van der Waals surface area contributed by atoms with Gasteiger partial charge in [0.1, 0.15) is 0 Å². The van der Waals surface area contributed by atoms with Crippen molar-refractivity contribution < 1.29 is 4.52 Å². The van der Waals surface area contributed by atoms with Crippen molar-refractivity contribution in [2.45, 2.75) is 38.5 Å². The first-order chi connectivity index (χ1) is 6.36. The molecule has 1 aromatic rings. The molecule has 1 heterocycles. The van der Waals surface area contributed by atoms with E-state index in [4.69, 9.17) is 4.52 Å². The fourth-order valence-electron chi connectivity index (χ4n) is 2.81. The second-order valence-electron chi connectivity index (χ2n) is 4.32. The first-order valence-corrected chi connectivity index (χ1v) is 5.16. The van der Waals surface area contributed by atoms with Crippen molar-refractivity contribution in [2.75, 3.05) is 0 Å². The highest BCUT2D eigenvalue weighted by Crippen LogP contribution is 2.60. The molecule has 0 saturated heterocycles. The van der Waals surface area contributed by atoms with Crippen LogP contribution in [0.15, 0.2) is 4.52 Å². The SMILES string of the molecule is Cc1noc(C2C3CCCCC32)n1. The Hall–Kier alpha value is -0.860. The van der Waals surface area contributed by atoms with E-state index in [1.807, 2.05) is 6.92 Å². The van der Waals surface area contributed by atoms with Crippen LogP contribution in [0.3, 0.4) is 0 Å². The van der Waals surface area contributed by atoms with Crippen LogP contribution in [0.25, 0.3) is 0 Å². The molecule has 0 aliphatic heterocycles. The molecule has 2 atom stereocenters. The number of hydrogen-bond donors (Lipinski definition) is 0. The summed E-state index contributed by atoms with van der Waals surface area (Å²) in [6.07, 6.45) is 5.53. The Morgan fingerprint density at radius 1 is 1.23 bits per heavy atom. The van der Waals surface area contributed by atoms with Gasteiger partial charge in [-0.3, -0.25) is 0 Å². The number of hydrogen-bond acceptors (Lipinski definition) is 3. The zero-order valence-electron chi connectivity index (χ0n) is 7.86. The van der Waals surface area contributed by atoms with Crippen molar-refractivity contribution in [1.82, 2.24) is 10.1 Å². The Kier molecular flexibility index (Phi) is 1.49. The summed E-state index contributed by atoms with van der Waals surface area (Å²) in [5, 5.41) is 3.85. The van der Waals surface area contributed by atoms with Gasteiger partial charge in [0.15, 0.2) is 5.82 Å². The molecular formula is C10H14N2O. The minimum atomic E-state index is 0.615. The summed E-state index contributed by atoms with van der Waals surface area (Å²) < 4.78 is 5.22. The predicted octanol–water partition coefficient (Wildman–Crippen LogP) is 2.28. The van der Waals surface area contributed by atoms with E-state index in [0.29, 0.717) is 5.92 Å². The Bertz CT molecular complexity index is 308. The summed E-state index contributed by atoms with van der Waals surface area (Å²) in [5.74, 6) is 4.03. The molecule has 2 aliphatic rings. The number of aryl methyl sites for hydroxylation is 1. The molecule has 3 heteroatoms. The molecule has 0 N–H and O–H groups in total. The fourth-order valence-corrected chi connectivity index (χ4v) is 2.81. The standard InChI is InChI=1S/C10H14N2O/c1-6-11-10(13-12-6)9-7-4-2-3-5-8(7)9/h7-9H,2-5H2,1H3. The van der Waals surface area contributed by atoms with Crippen LogP contribution in [0.1, 0.15) is 43.3 Å². The molecule has 0 radical (unpaired) electrons. The van der Waals surface area contributed by atoms with Crippen molar-refractivity contribution >= 4 is 0 Å². The maximum absolute atomic E-state index is 5.22. The second-order valence-corrected chi connectivity index (χ2v) is 4.32.